The van der Waals surface area contributed by atoms with E-state index in [9.17, 15) is 4.79 Å². The van der Waals surface area contributed by atoms with Crippen LogP contribution in [0.25, 0.3) is 22.1 Å². The minimum atomic E-state index is -0.201. The van der Waals surface area contributed by atoms with Gasteiger partial charge in [-0.3, -0.25) is 4.79 Å². The summed E-state index contributed by atoms with van der Waals surface area (Å²) < 4.78 is 32.3. The van der Waals surface area contributed by atoms with E-state index in [0.717, 1.165) is 0 Å². The van der Waals surface area contributed by atoms with Crippen molar-refractivity contribution in [1.82, 2.24) is 0 Å². The van der Waals surface area contributed by atoms with Crippen LogP contribution in [0.2, 0.25) is 0 Å². The molecule has 0 atom stereocenters. The molecule has 0 bridgehead atoms. The van der Waals surface area contributed by atoms with Crippen LogP contribution in [-0.4, -0.2) is 28.1 Å². The Hall–Kier alpha value is -3.35. The summed E-state index contributed by atoms with van der Waals surface area (Å²) in [6, 6.07) is 6.67. The normalized spacial score (nSPS) is 12.3. The fraction of sp³-hybridized carbons (Fsp3) is 0.211. The molecule has 2 aromatic carbocycles. The first-order valence-corrected chi connectivity index (χ1v) is 7.81. The summed E-state index contributed by atoms with van der Waals surface area (Å²) in [6.45, 7) is 0.110. The summed E-state index contributed by atoms with van der Waals surface area (Å²) in [5.41, 5.74) is 1.19. The van der Waals surface area contributed by atoms with Crippen molar-refractivity contribution in [3.8, 4) is 39.9 Å². The molecule has 0 saturated heterocycles. The van der Waals surface area contributed by atoms with Crippen LogP contribution in [0.15, 0.2) is 39.7 Å². The van der Waals surface area contributed by atoms with Gasteiger partial charge in [-0.05, 0) is 23.8 Å². The summed E-state index contributed by atoms with van der Waals surface area (Å²) in [7, 11) is 4.56. The summed E-state index contributed by atoms with van der Waals surface area (Å²) >= 11 is 0. The second-order valence-corrected chi connectivity index (χ2v) is 5.59. The van der Waals surface area contributed by atoms with Gasteiger partial charge in [0.1, 0.15) is 11.8 Å². The molecule has 1 aliphatic heterocycles. The maximum absolute atomic E-state index is 13.0. The van der Waals surface area contributed by atoms with Crippen molar-refractivity contribution in [2.24, 2.45) is 0 Å². The predicted octanol–water partition coefficient (Wildman–Crippen LogP) is 3.21. The van der Waals surface area contributed by atoms with Gasteiger partial charge in [0.2, 0.25) is 18.0 Å². The SMILES string of the molecule is COc1cc2occ(-c3cc(OC)c4c(c3)OCO4)c(=O)c2cc1OC. The molecular formula is C19H16O7. The number of benzene rings is 2. The van der Waals surface area contributed by atoms with Gasteiger partial charge < -0.3 is 28.1 Å². The van der Waals surface area contributed by atoms with Gasteiger partial charge in [0.25, 0.3) is 0 Å². The van der Waals surface area contributed by atoms with Crippen molar-refractivity contribution in [3.05, 3.63) is 40.8 Å². The first-order chi connectivity index (χ1) is 12.7. The lowest BCUT2D eigenvalue weighted by molar-refractivity contribution is 0.171. The molecule has 0 radical (unpaired) electrons. The molecule has 2 heterocycles. The average Bonchev–Trinajstić information content (AvgIpc) is 3.15. The number of fused-ring (bicyclic) bond motifs is 2. The average molecular weight is 356 g/mol. The molecule has 7 heteroatoms. The van der Waals surface area contributed by atoms with E-state index in [1.165, 1.54) is 27.6 Å². The van der Waals surface area contributed by atoms with E-state index >= 15 is 0 Å². The van der Waals surface area contributed by atoms with Crippen LogP contribution in [0.4, 0.5) is 0 Å². The lowest BCUT2D eigenvalue weighted by Crippen LogP contribution is -2.05. The standard InChI is InChI=1S/C19H16O7/c1-21-14-6-11-13(7-15(14)22-2)24-8-12(18(11)20)10-4-16(23-3)19-17(5-10)25-9-26-19/h4-8H,9H2,1-3H3. The second kappa shape index (κ2) is 6.18. The molecule has 0 N–H and O–H groups in total. The molecule has 0 saturated carbocycles. The molecule has 0 spiro atoms. The van der Waals surface area contributed by atoms with Crippen LogP contribution in [0, 0.1) is 0 Å². The van der Waals surface area contributed by atoms with Crippen molar-refractivity contribution in [2.45, 2.75) is 0 Å². The molecule has 0 aliphatic carbocycles. The first kappa shape index (κ1) is 16.1. The molecule has 0 fully saturated rings. The highest BCUT2D eigenvalue weighted by molar-refractivity contribution is 5.85. The highest BCUT2D eigenvalue weighted by Crippen LogP contribution is 2.44. The van der Waals surface area contributed by atoms with Crippen LogP contribution in [0.1, 0.15) is 0 Å². The van der Waals surface area contributed by atoms with Gasteiger partial charge in [0.15, 0.2) is 23.0 Å². The van der Waals surface area contributed by atoms with Crippen LogP contribution < -0.4 is 29.1 Å². The molecule has 0 amide bonds. The van der Waals surface area contributed by atoms with E-state index in [2.05, 4.69) is 0 Å². The van der Waals surface area contributed by atoms with E-state index in [1.54, 1.807) is 24.3 Å². The van der Waals surface area contributed by atoms with Gasteiger partial charge in [-0.2, -0.15) is 0 Å². The molecule has 3 aromatic rings. The maximum Gasteiger partial charge on any atom is 0.231 e. The molecular weight excluding hydrogens is 340 g/mol. The Morgan fingerprint density at radius 3 is 2.35 bits per heavy atom. The maximum atomic E-state index is 13.0. The highest BCUT2D eigenvalue weighted by atomic mass is 16.7. The smallest absolute Gasteiger partial charge is 0.231 e. The number of ether oxygens (including phenoxy) is 5. The van der Waals surface area contributed by atoms with Gasteiger partial charge in [-0.15, -0.1) is 0 Å². The zero-order chi connectivity index (χ0) is 18.3. The van der Waals surface area contributed by atoms with Crippen molar-refractivity contribution >= 4 is 11.0 Å². The Bertz CT molecular complexity index is 1050. The third-order valence-electron chi connectivity index (χ3n) is 4.25. The summed E-state index contributed by atoms with van der Waals surface area (Å²) in [5, 5.41) is 0.386. The lowest BCUT2D eigenvalue weighted by atomic mass is 10.0. The topological polar surface area (TPSA) is 76.4 Å². The fourth-order valence-electron chi connectivity index (χ4n) is 2.94. The zero-order valence-electron chi connectivity index (χ0n) is 14.5. The van der Waals surface area contributed by atoms with Gasteiger partial charge in [-0.25, -0.2) is 0 Å². The van der Waals surface area contributed by atoms with Crippen molar-refractivity contribution < 1.29 is 28.1 Å². The third kappa shape index (κ3) is 2.40. The minimum Gasteiger partial charge on any atom is -0.493 e. The number of rotatable bonds is 4. The Morgan fingerprint density at radius 2 is 1.62 bits per heavy atom. The molecule has 7 nitrogen and oxygen atoms in total. The molecule has 1 aliphatic rings. The summed E-state index contributed by atoms with van der Waals surface area (Å²) in [5.74, 6) is 2.47. The van der Waals surface area contributed by atoms with E-state index in [-0.39, 0.29) is 12.2 Å². The van der Waals surface area contributed by atoms with Crippen molar-refractivity contribution in [1.29, 1.82) is 0 Å². The molecule has 0 unspecified atom stereocenters. The monoisotopic (exact) mass is 356 g/mol. The van der Waals surface area contributed by atoms with Crippen LogP contribution in [-0.2, 0) is 0 Å². The second-order valence-electron chi connectivity index (χ2n) is 5.59. The predicted molar refractivity (Wildman–Crippen MR) is 93.7 cm³/mol. The van der Waals surface area contributed by atoms with Crippen molar-refractivity contribution in [3.63, 3.8) is 0 Å². The highest BCUT2D eigenvalue weighted by Gasteiger charge is 2.22. The van der Waals surface area contributed by atoms with Crippen LogP contribution in [0.3, 0.4) is 0 Å². The third-order valence-corrected chi connectivity index (χ3v) is 4.25. The Labute approximate surface area is 148 Å². The van der Waals surface area contributed by atoms with Crippen LogP contribution >= 0.6 is 0 Å². The minimum absolute atomic E-state index is 0.110. The van der Waals surface area contributed by atoms with Gasteiger partial charge in [0.05, 0.1) is 32.3 Å². The van der Waals surface area contributed by atoms with Gasteiger partial charge in [0, 0.05) is 6.07 Å². The van der Waals surface area contributed by atoms with Gasteiger partial charge in [-0.1, -0.05) is 0 Å². The number of hydrogen-bond donors (Lipinski definition) is 0. The molecule has 134 valence electrons. The fourth-order valence-corrected chi connectivity index (χ4v) is 2.94. The largest absolute Gasteiger partial charge is 0.493 e. The number of methoxy groups -OCH3 is 3. The zero-order valence-corrected chi connectivity index (χ0v) is 14.5. The summed E-state index contributed by atoms with van der Waals surface area (Å²) in [6.07, 6.45) is 1.41. The van der Waals surface area contributed by atoms with E-state index in [4.69, 9.17) is 28.1 Å². The quantitative estimate of drug-likeness (QED) is 0.710. The van der Waals surface area contributed by atoms with Gasteiger partial charge >= 0.3 is 0 Å². The van der Waals surface area contributed by atoms with E-state index < -0.39 is 0 Å². The lowest BCUT2D eigenvalue weighted by Gasteiger charge is -2.10. The Balaban J connectivity index is 1.93. The van der Waals surface area contributed by atoms with E-state index in [0.29, 0.717) is 50.8 Å². The number of hydrogen-bond acceptors (Lipinski definition) is 7. The van der Waals surface area contributed by atoms with Crippen LogP contribution in [0.5, 0.6) is 28.7 Å². The Morgan fingerprint density at radius 1 is 0.885 bits per heavy atom. The molecule has 4 rings (SSSR count). The first-order valence-electron chi connectivity index (χ1n) is 7.81. The van der Waals surface area contributed by atoms with Crippen molar-refractivity contribution in [2.75, 3.05) is 28.1 Å². The summed E-state index contributed by atoms with van der Waals surface area (Å²) in [4.78, 5) is 13.0. The van der Waals surface area contributed by atoms with E-state index in [1.807, 2.05) is 0 Å². The molecule has 26 heavy (non-hydrogen) atoms. The molecule has 1 aromatic heterocycles. The Kier molecular flexibility index (Phi) is 3.84.